The van der Waals surface area contributed by atoms with E-state index in [2.05, 4.69) is 27.7 Å². The first kappa shape index (κ1) is 17.5. The third kappa shape index (κ3) is 5.31. The van der Waals surface area contributed by atoms with Gasteiger partial charge in [-0.1, -0.05) is 36.4 Å². The highest BCUT2D eigenvalue weighted by atomic mass is 16.5. The summed E-state index contributed by atoms with van der Waals surface area (Å²) in [5, 5.41) is 5.83. The molecule has 0 aliphatic carbocycles. The van der Waals surface area contributed by atoms with Crippen molar-refractivity contribution in [3.8, 4) is 0 Å². The first-order valence-electron chi connectivity index (χ1n) is 8.69. The van der Waals surface area contributed by atoms with Crippen LogP contribution in [0.3, 0.4) is 0 Å². The normalized spacial score (nSPS) is 14.9. The molecule has 25 heavy (non-hydrogen) atoms. The summed E-state index contributed by atoms with van der Waals surface area (Å²) in [6.07, 6.45) is 0. The van der Waals surface area contributed by atoms with Crippen LogP contribution in [0, 0.1) is 6.92 Å². The van der Waals surface area contributed by atoms with Crippen LogP contribution in [-0.4, -0.2) is 37.2 Å². The molecular formula is C20H25N3O2. The standard InChI is InChI=1S/C20H25N3O2/c1-16-5-4-8-19(13-16)22-20(24)21-14-17-6-2-3-7-18(17)15-23-9-11-25-12-10-23/h2-8,13H,9-12,14-15H2,1H3,(H2,21,22,24). The molecule has 0 bridgehead atoms. The zero-order valence-corrected chi connectivity index (χ0v) is 14.6. The third-order valence-corrected chi connectivity index (χ3v) is 4.33. The van der Waals surface area contributed by atoms with Gasteiger partial charge in [-0.05, 0) is 35.7 Å². The van der Waals surface area contributed by atoms with Gasteiger partial charge in [0.1, 0.15) is 0 Å². The van der Waals surface area contributed by atoms with Crippen molar-refractivity contribution < 1.29 is 9.53 Å². The first-order chi connectivity index (χ1) is 12.2. The van der Waals surface area contributed by atoms with E-state index >= 15 is 0 Å². The van der Waals surface area contributed by atoms with Crippen LogP contribution in [0.5, 0.6) is 0 Å². The second-order valence-electron chi connectivity index (χ2n) is 6.33. The molecule has 1 fully saturated rings. The Kier molecular flexibility index (Phi) is 6.04. The molecule has 1 aliphatic heterocycles. The fourth-order valence-corrected chi connectivity index (χ4v) is 2.96. The van der Waals surface area contributed by atoms with Gasteiger partial charge in [0, 0.05) is 31.9 Å². The van der Waals surface area contributed by atoms with E-state index < -0.39 is 0 Å². The van der Waals surface area contributed by atoms with Gasteiger partial charge in [0.15, 0.2) is 0 Å². The summed E-state index contributed by atoms with van der Waals surface area (Å²) in [4.78, 5) is 14.5. The number of nitrogens with zero attached hydrogens (tertiary/aromatic N) is 1. The number of carbonyl (C=O) groups excluding carboxylic acids is 1. The summed E-state index contributed by atoms with van der Waals surface area (Å²) in [5.74, 6) is 0. The van der Waals surface area contributed by atoms with Crippen molar-refractivity contribution in [2.24, 2.45) is 0 Å². The number of hydrogen-bond donors (Lipinski definition) is 2. The van der Waals surface area contributed by atoms with E-state index in [4.69, 9.17) is 4.74 Å². The molecule has 132 valence electrons. The molecular weight excluding hydrogens is 314 g/mol. The average Bonchev–Trinajstić information content (AvgIpc) is 2.62. The molecule has 1 saturated heterocycles. The quantitative estimate of drug-likeness (QED) is 0.880. The molecule has 5 nitrogen and oxygen atoms in total. The highest BCUT2D eigenvalue weighted by Gasteiger charge is 2.13. The number of morpholine rings is 1. The Labute approximate surface area is 149 Å². The van der Waals surface area contributed by atoms with Gasteiger partial charge in [-0.15, -0.1) is 0 Å². The van der Waals surface area contributed by atoms with Gasteiger partial charge in [-0.2, -0.15) is 0 Å². The van der Waals surface area contributed by atoms with E-state index in [1.807, 2.05) is 43.3 Å². The predicted molar refractivity (Wildman–Crippen MR) is 99.6 cm³/mol. The summed E-state index contributed by atoms with van der Waals surface area (Å²) in [7, 11) is 0. The SMILES string of the molecule is Cc1cccc(NC(=O)NCc2ccccc2CN2CCOCC2)c1. The van der Waals surface area contributed by atoms with Crippen LogP contribution in [0.1, 0.15) is 16.7 Å². The number of anilines is 1. The molecule has 2 aromatic rings. The molecule has 0 radical (unpaired) electrons. The maximum Gasteiger partial charge on any atom is 0.319 e. The maximum atomic E-state index is 12.1. The molecule has 1 aliphatic rings. The lowest BCUT2D eigenvalue weighted by atomic mass is 10.1. The van der Waals surface area contributed by atoms with Crippen molar-refractivity contribution in [1.29, 1.82) is 0 Å². The number of carbonyl (C=O) groups is 1. The van der Waals surface area contributed by atoms with Gasteiger partial charge in [0.2, 0.25) is 0 Å². The van der Waals surface area contributed by atoms with Gasteiger partial charge in [0.05, 0.1) is 13.2 Å². The molecule has 2 amide bonds. The molecule has 0 atom stereocenters. The van der Waals surface area contributed by atoms with Gasteiger partial charge < -0.3 is 15.4 Å². The Morgan fingerprint density at radius 2 is 1.84 bits per heavy atom. The number of rotatable bonds is 5. The second-order valence-corrected chi connectivity index (χ2v) is 6.33. The zero-order valence-electron chi connectivity index (χ0n) is 14.6. The molecule has 3 rings (SSSR count). The van der Waals surface area contributed by atoms with E-state index in [0.717, 1.165) is 49.7 Å². The Hall–Kier alpha value is -2.37. The minimum atomic E-state index is -0.188. The van der Waals surface area contributed by atoms with E-state index in [-0.39, 0.29) is 6.03 Å². The number of benzene rings is 2. The summed E-state index contributed by atoms with van der Waals surface area (Å²) >= 11 is 0. The number of nitrogens with one attached hydrogen (secondary N) is 2. The van der Waals surface area contributed by atoms with Crippen LogP contribution in [0.4, 0.5) is 10.5 Å². The topological polar surface area (TPSA) is 53.6 Å². The van der Waals surface area contributed by atoms with Crippen molar-refractivity contribution in [2.75, 3.05) is 31.6 Å². The summed E-state index contributed by atoms with van der Waals surface area (Å²) in [5.41, 5.74) is 4.32. The molecule has 5 heteroatoms. The molecule has 0 unspecified atom stereocenters. The number of urea groups is 1. The second kappa shape index (κ2) is 8.65. The van der Waals surface area contributed by atoms with E-state index in [0.29, 0.717) is 6.54 Å². The highest BCUT2D eigenvalue weighted by Crippen LogP contribution is 2.13. The zero-order chi connectivity index (χ0) is 17.5. The fourth-order valence-electron chi connectivity index (χ4n) is 2.96. The largest absolute Gasteiger partial charge is 0.379 e. The van der Waals surface area contributed by atoms with Crippen LogP contribution >= 0.6 is 0 Å². The van der Waals surface area contributed by atoms with Crippen LogP contribution in [0.15, 0.2) is 48.5 Å². The molecule has 2 N–H and O–H groups in total. The number of ether oxygens (including phenoxy) is 1. The van der Waals surface area contributed by atoms with E-state index in [1.165, 1.54) is 5.56 Å². The van der Waals surface area contributed by atoms with Gasteiger partial charge >= 0.3 is 6.03 Å². The van der Waals surface area contributed by atoms with Gasteiger partial charge in [-0.3, -0.25) is 4.90 Å². The number of aryl methyl sites for hydroxylation is 1. The van der Waals surface area contributed by atoms with Crippen LogP contribution in [0.25, 0.3) is 0 Å². The van der Waals surface area contributed by atoms with Crippen molar-refractivity contribution >= 4 is 11.7 Å². The minimum Gasteiger partial charge on any atom is -0.379 e. The lowest BCUT2D eigenvalue weighted by Gasteiger charge is -2.27. The summed E-state index contributed by atoms with van der Waals surface area (Å²) in [6.45, 7) is 6.90. The Morgan fingerprint density at radius 1 is 1.08 bits per heavy atom. The van der Waals surface area contributed by atoms with Crippen molar-refractivity contribution in [3.05, 3.63) is 65.2 Å². The Balaban J connectivity index is 1.56. The summed E-state index contributed by atoms with van der Waals surface area (Å²) < 4.78 is 5.40. The average molecular weight is 339 g/mol. The van der Waals surface area contributed by atoms with Crippen molar-refractivity contribution in [2.45, 2.75) is 20.0 Å². The van der Waals surface area contributed by atoms with Gasteiger partial charge in [-0.25, -0.2) is 4.79 Å². The Morgan fingerprint density at radius 3 is 2.60 bits per heavy atom. The van der Waals surface area contributed by atoms with Crippen LogP contribution < -0.4 is 10.6 Å². The molecule has 1 heterocycles. The van der Waals surface area contributed by atoms with Crippen LogP contribution in [0.2, 0.25) is 0 Å². The predicted octanol–water partition coefficient (Wildman–Crippen LogP) is 3.15. The van der Waals surface area contributed by atoms with Gasteiger partial charge in [0.25, 0.3) is 0 Å². The van der Waals surface area contributed by atoms with E-state index in [9.17, 15) is 4.79 Å². The molecule has 0 spiro atoms. The van der Waals surface area contributed by atoms with Crippen LogP contribution in [-0.2, 0) is 17.8 Å². The van der Waals surface area contributed by atoms with Crippen molar-refractivity contribution in [3.63, 3.8) is 0 Å². The minimum absolute atomic E-state index is 0.188. The summed E-state index contributed by atoms with van der Waals surface area (Å²) in [6, 6.07) is 15.9. The van der Waals surface area contributed by atoms with E-state index in [1.54, 1.807) is 0 Å². The number of amides is 2. The molecule has 0 saturated carbocycles. The molecule has 0 aromatic heterocycles. The first-order valence-corrected chi connectivity index (χ1v) is 8.69. The molecule has 2 aromatic carbocycles. The lowest BCUT2D eigenvalue weighted by Crippen LogP contribution is -2.36. The maximum absolute atomic E-state index is 12.1. The fraction of sp³-hybridized carbons (Fsp3) is 0.350. The third-order valence-electron chi connectivity index (χ3n) is 4.33. The Bertz CT molecular complexity index is 712. The van der Waals surface area contributed by atoms with Crippen molar-refractivity contribution in [1.82, 2.24) is 10.2 Å². The monoisotopic (exact) mass is 339 g/mol. The lowest BCUT2D eigenvalue weighted by molar-refractivity contribution is 0.0341. The smallest absolute Gasteiger partial charge is 0.319 e. The highest BCUT2D eigenvalue weighted by molar-refractivity contribution is 5.89. The number of hydrogen-bond acceptors (Lipinski definition) is 3.